The Balaban J connectivity index is 2.27. The van der Waals surface area contributed by atoms with Crippen LogP contribution in [0.15, 0.2) is 25.2 Å². The number of aliphatic hydroxyl groups excluding tert-OH is 1. The number of allylic oxidation sites excluding steroid dienone is 1. The molecular formula is C22H37N3O2. The molecule has 5 heteroatoms. The molecule has 0 aliphatic heterocycles. The summed E-state index contributed by atoms with van der Waals surface area (Å²) in [5, 5.41) is 11.2. The number of amides is 1. The van der Waals surface area contributed by atoms with E-state index >= 15 is 0 Å². The van der Waals surface area contributed by atoms with Gasteiger partial charge in [0.1, 0.15) is 0 Å². The van der Waals surface area contributed by atoms with Crippen LogP contribution in [-0.2, 0) is 4.79 Å². The highest BCUT2D eigenvalue weighted by atomic mass is 16.3. The van der Waals surface area contributed by atoms with Gasteiger partial charge in [-0.3, -0.25) is 4.79 Å². The topological polar surface area (TPSA) is 81.1 Å². The third-order valence-corrected chi connectivity index (χ3v) is 6.34. The van der Waals surface area contributed by atoms with E-state index in [9.17, 15) is 9.90 Å². The molecule has 1 amide bonds. The van der Waals surface area contributed by atoms with Crippen molar-refractivity contribution in [3.63, 3.8) is 0 Å². The minimum atomic E-state index is -0.509. The minimum Gasteiger partial charge on any atom is -0.391 e. The van der Waals surface area contributed by atoms with Crippen LogP contribution < -0.4 is 5.73 Å². The number of imidazole rings is 1. The van der Waals surface area contributed by atoms with Crippen LogP contribution in [0, 0.1) is 17.8 Å². The summed E-state index contributed by atoms with van der Waals surface area (Å²) in [7, 11) is 0. The van der Waals surface area contributed by atoms with Gasteiger partial charge in [0.15, 0.2) is 0 Å². The largest absolute Gasteiger partial charge is 0.391 e. The van der Waals surface area contributed by atoms with Gasteiger partial charge in [0.05, 0.1) is 24.4 Å². The summed E-state index contributed by atoms with van der Waals surface area (Å²) in [6.07, 6.45) is 12.8. The maximum absolute atomic E-state index is 11.8. The third kappa shape index (κ3) is 5.68. The molecule has 1 aliphatic carbocycles. The van der Waals surface area contributed by atoms with E-state index in [4.69, 9.17) is 5.73 Å². The second-order valence-electron chi connectivity index (χ2n) is 8.60. The van der Waals surface area contributed by atoms with Gasteiger partial charge in [-0.15, -0.1) is 6.58 Å². The number of rotatable bonds is 10. The Kier molecular flexibility index (Phi) is 8.08. The van der Waals surface area contributed by atoms with Crippen molar-refractivity contribution in [2.24, 2.45) is 23.5 Å². The predicted octanol–water partition coefficient (Wildman–Crippen LogP) is 4.19. The zero-order chi connectivity index (χ0) is 20.0. The van der Waals surface area contributed by atoms with Gasteiger partial charge >= 0.3 is 0 Å². The second-order valence-corrected chi connectivity index (χ2v) is 8.60. The van der Waals surface area contributed by atoms with Gasteiger partial charge in [0.25, 0.3) is 0 Å². The van der Waals surface area contributed by atoms with Crippen LogP contribution in [0.3, 0.4) is 0 Å². The molecule has 0 aromatic carbocycles. The van der Waals surface area contributed by atoms with E-state index < -0.39 is 12.0 Å². The van der Waals surface area contributed by atoms with Crippen LogP contribution >= 0.6 is 0 Å². The lowest BCUT2D eigenvalue weighted by atomic mass is 9.81. The monoisotopic (exact) mass is 375 g/mol. The first kappa shape index (κ1) is 21.7. The fraction of sp³-hybridized carbons (Fsp3) is 0.727. The highest BCUT2D eigenvalue weighted by molar-refractivity contribution is 5.80. The lowest BCUT2D eigenvalue weighted by Gasteiger charge is -2.33. The van der Waals surface area contributed by atoms with Crippen molar-refractivity contribution in [2.75, 3.05) is 0 Å². The summed E-state index contributed by atoms with van der Waals surface area (Å²) in [5.74, 6) is 0.509. The molecule has 0 spiro atoms. The zero-order valence-electron chi connectivity index (χ0n) is 17.2. The summed E-state index contributed by atoms with van der Waals surface area (Å²) in [4.78, 5) is 16.0. The van der Waals surface area contributed by atoms with E-state index in [1.807, 2.05) is 10.6 Å². The molecular weight excluding hydrogens is 338 g/mol. The Morgan fingerprint density at radius 1 is 1.37 bits per heavy atom. The number of aromatic nitrogens is 2. The Morgan fingerprint density at radius 2 is 2.04 bits per heavy atom. The first-order valence-corrected chi connectivity index (χ1v) is 10.5. The van der Waals surface area contributed by atoms with Crippen molar-refractivity contribution in [1.29, 1.82) is 0 Å². The molecule has 1 saturated carbocycles. The van der Waals surface area contributed by atoms with Gasteiger partial charge in [-0.25, -0.2) is 4.98 Å². The molecule has 1 aromatic rings. The molecule has 27 heavy (non-hydrogen) atoms. The van der Waals surface area contributed by atoms with Gasteiger partial charge in [-0.1, -0.05) is 52.0 Å². The van der Waals surface area contributed by atoms with Gasteiger partial charge in [-0.2, -0.15) is 0 Å². The van der Waals surface area contributed by atoms with Crippen molar-refractivity contribution in [3.8, 4) is 0 Å². The zero-order valence-corrected chi connectivity index (χ0v) is 17.2. The van der Waals surface area contributed by atoms with Crippen LogP contribution in [0.2, 0.25) is 0 Å². The van der Waals surface area contributed by atoms with E-state index in [0.717, 1.165) is 12.1 Å². The molecule has 1 aliphatic rings. The first-order chi connectivity index (χ1) is 12.8. The third-order valence-electron chi connectivity index (χ3n) is 6.34. The number of aliphatic hydroxyl groups is 1. The molecule has 3 N–H and O–H groups in total. The lowest BCUT2D eigenvalue weighted by molar-refractivity contribution is -0.119. The van der Waals surface area contributed by atoms with Gasteiger partial charge in [0, 0.05) is 11.9 Å². The molecule has 0 radical (unpaired) electrons. The van der Waals surface area contributed by atoms with E-state index in [2.05, 4.69) is 25.4 Å². The van der Waals surface area contributed by atoms with E-state index in [-0.39, 0.29) is 17.9 Å². The molecule has 1 unspecified atom stereocenters. The van der Waals surface area contributed by atoms with E-state index in [0.29, 0.717) is 18.3 Å². The molecule has 4 atom stereocenters. The SMILES string of the molecule is C=C[C@@H](C[C@H](O)[C@H](CC1CCCCC1)n1cncc1C(C)C(N)=O)C(C)C. The van der Waals surface area contributed by atoms with Crippen molar-refractivity contribution in [2.45, 2.75) is 83.8 Å². The summed E-state index contributed by atoms with van der Waals surface area (Å²) >= 11 is 0. The number of hydrogen-bond acceptors (Lipinski definition) is 3. The van der Waals surface area contributed by atoms with E-state index in [1.165, 1.54) is 32.1 Å². The Labute approximate surface area is 164 Å². The Hall–Kier alpha value is -1.62. The molecule has 5 nitrogen and oxygen atoms in total. The van der Waals surface area contributed by atoms with Crippen molar-refractivity contribution >= 4 is 5.91 Å². The summed E-state index contributed by atoms with van der Waals surface area (Å²) in [6.45, 7) is 10.1. The normalized spacial score (nSPS) is 20.2. The molecule has 152 valence electrons. The quantitative estimate of drug-likeness (QED) is 0.602. The van der Waals surface area contributed by atoms with Gasteiger partial charge < -0.3 is 15.4 Å². The maximum atomic E-state index is 11.8. The molecule has 1 fully saturated rings. The van der Waals surface area contributed by atoms with Crippen LogP contribution in [0.4, 0.5) is 0 Å². The van der Waals surface area contributed by atoms with Crippen LogP contribution in [0.1, 0.15) is 83.4 Å². The minimum absolute atomic E-state index is 0.0893. The highest BCUT2D eigenvalue weighted by Gasteiger charge is 2.30. The number of hydrogen-bond donors (Lipinski definition) is 2. The van der Waals surface area contributed by atoms with Crippen molar-refractivity contribution in [3.05, 3.63) is 30.9 Å². The molecule has 0 saturated heterocycles. The number of carbonyl (C=O) groups is 1. The smallest absolute Gasteiger partial charge is 0.226 e. The maximum Gasteiger partial charge on any atom is 0.226 e. The van der Waals surface area contributed by atoms with Crippen LogP contribution in [-0.4, -0.2) is 26.7 Å². The Bertz CT molecular complexity index is 604. The number of primary amides is 1. The molecule has 0 bridgehead atoms. The average molecular weight is 376 g/mol. The average Bonchev–Trinajstić information content (AvgIpc) is 3.13. The van der Waals surface area contributed by atoms with Gasteiger partial charge in [0.2, 0.25) is 5.91 Å². The van der Waals surface area contributed by atoms with Crippen LogP contribution in [0.5, 0.6) is 0 Å². The molecule has 2 rings (SSSR count). The Morgan fingerprint density at radius 3 is 2.59 bits per heavy atom. The lowest BCUT2D eigenvalue weighted by Crippen LogP contribution is -2.32. The van der Waals surface area contributed by atoms with Crippen molar-refractivity contribution < 1.29 is 9.90 Å². The number of nitrogens with zero attached hydrogens (tertiary/aromatic N) is 2. The predicted molar refractivity (Wildman–Crippen MR) is 109 cm³/mol. The number of carbonyl (C=O) groups excluding carboxylic acids is 1. The first-order valence-electron chi connectivity index (χ1n) is 10.5. The summed E-state index contributed by atoms with van der Waals surface area (Å²) in [5.41, 5.74) is 6.34. The fourth-order valence-electron chi connectivity index (χ4n) is 4.37. The molecule has 1 aromatic heterocycles. The van der Waals surface area contributed by atoms with Gasteiger partial charge in [-0.05, 0) is 37.5 Å². The molecule has 1 heterocycles. The van der Waals surface area contributed by atoms with Crippen LogP contribution in [0.25, 0.3) is 0 Å². The standard InChI is InChI=1S/C22H37N3O2/c1-5-18(15(2)3)12-21(26)19(11-17-9-7-6-8-10-17)25-14-24-13-20(25)16(4)22(23)27/h5,13-19,21,26H,1,6-12H2,2-4H3,(H2,23,27)/t16?,18-,19-,21-/m0/s1. The van der Waals surface area contributed by atoms with E-state index in [1.54, 1.807) is 19.4 Å². The number of nitrogens with two attached hydrogens (primary N) is 1. The summed E-state index contributed by atoms with van der Waals surface area (Å²) < 4.78 is 2.01. The second kappa shape index (κ2) is 10.1. The van der Waals surface area contributed by atoms with Crippen molar-refractivity contribution in [1.82, 2.24) is 9.55 Å². The fourth-order valence-corrected chi connectivity index (χ4v) is 4.37. The summed E-state index contributed by atoms with van der Waals surface area (Å²) in [6, 6.07) is -0.0893. The highest BCUT2D eigenvalue weighted by Crippen LogP contribution is 2.36.